The van der Waals surface area contributed by atoms with Crippen molar-refractivity contribution in [2.24, 2.45) is 0 Å². The SMILES string of the molecule is CC(=O)OC[C@H]1O[C@H](OC/C=C/CNC(=O)OCc2ccccc2)[C@H](OC(C)=O)[C@@H](OC(C)=O)[C@@H]1OC(C)=O. The minimum Gasteiger partial charge on any atom is -0.463 e. The average molecular weight is 552 g/mol. The van der Waals surface area contributed by atoms with Gasteiger partial charge in [-0.1, -0.05) is 42.5 Å². The second kappa shape index (κ2) is 16.1. The molecule has 1 aromatic carbocycles. The van der Waals surface area contributed by atoms with Gasteiger partial charge in [-0.2, -0.15) is 0 Å². The summed E-state index contributed by atoms with van der Waals surface area (Å²) in [5.74, 6) is -2.83. The molecule has 13 heteroatoms. The number of hydrogen-bond donors (Lipinski definition) is 1. The van der Waals surface area contributed by atoms with Gasteiger partial charge in [0.1, 0.15) is 19.3 Å². The van der Waals surface area contributed by atoms with Crippen LogP contribution in [0, 0.1) is 0 Å². The second-order valence-electron chi connectivity index (χ2n) is 8.32. The van der Waals surface area contributed by atoms with Gasteiger partial charge >= 0.3 is 30.0 Å². The predicted molar refractivity (Wildman–Crippen MR) is 132 cm³/mol. The molecule has 13 nitrogen and oxygen atoms in total. The van der Waals surface area contributed by atoms with Crippen LogP contribution in [0.25, 0.3) is 0 Å². The molecule has 0 saturated carbocycles. The third-order valence-electron chi connectivity index (χ3n) is 5.05. The Morgan fingerprint density at radius 2 is 1.41 bits per heavy atom. The maximum atomic E-state index is 11.8. The lowest BCUT2D eigenvalue weighted by molar-refractivity contribution is -0.305. The molecule has 0 unspecified atom stereocenters. The van der Waals surface area contributed by atoms with Crippen LogP contribution < -0.4 is 5.32 Å². The zero-order chi connectivity index (χ0) is 28.8. The topological polar surface area (TPSA) is 162 Å². The van der Waals surface area contributed by atoms with Gasteiger partial charge in [0.2, 0.25) is 0 Å². The Kier molecular flexibility index (Phi) is 12.9. The highest BCUT2D eigenvalue weighted by Gasteiger charge is 2.52. The van der Waals surface area contributed by atoms with Gasteiger partial charge in [0.05, 0.1) is 6.61 Å². The number of carbonyl (C=O) groups is 5. The van der Waals surface area contributed by atoms with Crippen LogP contribution >= 0.6 is 0 Å². The molecular weight excluding hydrogens is 518 g/mol. The van der Waals surface area contributed by atoms with Crippen LogP contribution in [-0.2, 0) is 58.9 Å². The van der Waals surface area contributed by atoms with E-state index >= 15 is 0 Å². The Morgan fingerprint density at radius 3 is 2.03 bits per heavy atom. The predicted octanol–water partition coefficient (Wildman–Crippen LogP) is 1.57. The van der Waals surface area contributed by atoms with E-state index in [9.17, 15) is 24.0 Å². The summed E-state index contributed by atoms with van der Waals surface area (Å²) in [6, 6.07) is 9.20. The van der Waals surface area contributed by atoms with Crippen LogP contribution in [0.5, 0.6) is 0 Å². The van der Waals surface area contributed by atoms with E-state index in [1.54, 1.807) is 12.2 Å². The van der Waals surface area contributed by atoms with Gasteiger partial charge in [0, 0.05) is 34.2 Å². The van der Waals surface area contributed by atoms with Gasteiger partial charge in [0.25, 0.3) is 0 Å². The molecule has 1 saturated heterocycles. The Morgan fingerprint density at radius 1 is 0.795 bits per heavy atom. The van der Waals surface area contributed by atoms with Crippen molar-refractivity contribution in [1.29, 1.82) is 0 Å². The smallest absolute Gasteiger partial charge is 0.407 e. The van der Waals surface area contributed by atoms with Gasteiger partial charge in [-0.15, -0.1) is 0 Å². The van der Waals surface area contributed by atoms with E-state index in [1.807, 2.05) is 30.3 Å². The lowest BCUT2D eigenvalue weighted by Crippen LogP contribution is -2.62. The number of alkyl carbamates (subject to hydrolysis) is 1. The molecule has 1 heterocycles. The molecule has 0 aliphatic carbocycles. The van der Waals surface area contributed by atoms with E-state index in [0.29, 0.717) is 0 Å². The first-order valence-corrected chi connectivity index (χ1v) is 12.1. The van der Waals surface area contributed by atoms with Crippen molar-refractivity contribution < 1.29 is 57.1 Å². The second-order valence-corrected chi connectivity index (χ2v) is 8.32. The molecule has 0 spiro atoms. The number of ether oxygens (including phenoxy) is 7. The fourth-order valence-electron chi connectivity index (χ4n) is 3.54. The maximum absolute atomic E-state index is 11.8. The van der Waals surface area contributed by atoms with Crippen molar-refractivity contribution in [2.45, 2.75) is 65.0 Å². The van der Waals surface area contributed by atoms with Crippen LogP contribution in [-0.4, -0.2) is 80.4 Å². The molecule has 1 aliphatic heterocycles. The van der Waals surface area contributed by atoms with Crippen molar-refractivity contribution >= 4 is 30.0 Å². The van der Waals surface area contributed by atoms with Crippen molar-refractivity contribution in [2.75, 3.05) is 19.8 Å². The number of rotatable bonds is 12. The third-order valence-corrected chi connectivity index (χ3v) is 5.05. The first kappa shape index (κ1) is 31.2. The molecular formula is C26H33NO12. The molecule has 1 aromatic rings. The first-order chi connectivity index (χ1) is 18.6. The standard InChI is InChI=1S/C26H33NO12/c1-16(28)34-15-21-22(36-17(2)29)23(37-18(3)30)24(38-19(4)31)25(39-21)33-13-9-8-12-27-26(32)35-14-20-10-6-5-7-11-20/h5-11,21-25H,12-15H2,1-4H3,(H,27,32)/b9-8+/t21-,22-,23+,24-,25+/m1/s1. The Hall–Kier alpha value is -3.97. The molecule has 1 fully saturated rings. The van der Waals surface area contributed by atoms with Crippen LogP contribution in [0.4, 0.5) is 4.79 Å². The quantitative estimate of drug-likeness (QED) is 0.227. The molecule has 0 aromatic heterocycles. The van der Waals surface area contributed by atoms with Gasteiger partial charge < -0.3 is 38.5 Å². The molecule has 0 radical (unpaired) electrons. The minimum atomic E-state index is -1.32. The summed E-state index contributed by atoms with van der Waals surface area (Å²) < 4.78 is 37.6. The zero-order valence-corrected chi connectivity index (χ0v) is 22.2. The molecule has 2 rings (SSSR count). The number of esters is 4. The Bertz CT molecular complexity index is 1010. The van der Waals surface area contributed by atoms with E-state index in [4.69, 9.17) is 33.2 Å². The average Bonchev–Trinajstić information content (AvgIpc) is 2.86. The molecule has 39 heavy (non-hydrogen) atoms. The van der Waals surface area contributed by atoms with E-state index in [1.165, 1.54) is 6.92 Å². The summed E-state index contributed by atoms with van der Waals surface area (Å²) in [6.07, 6.45) is -3.76. The maximum Gasteiger partial charge on any atom is 0.407 e. The highest BCUT2D eigenvalue weighted by molar-refractivity contribution is 5.69. The fraction of sp³-hybridized carbons (Fsp3) is 0.500. The van der Waals surface area contributed by atoms with Crippen molar-refractivity contribution in [1.82, 2.24) is 5.32 Å². The normalized spacial score (nSPS) is 22.4. The summed E-state index contributed by atoms with van der Waals surface area (Å²) in [6.45, 7) is 4.40. The molecule has 1 aliphatic rings. The van der Waals surface area contributed by atoms with Crippen LogP contribution in [0.1, 0.15) is 33.3 Å². The molecule has 0 bridgehead atoms. The van der Waals surface area contributed by atoms with E-state index in [0.717, 1.165) is 26.3 Å². The summed E-state index contributed by atoms with van der Waals surface area (Å²) in [5, 5.41) is 2.55. The number of benzene rings is 1. The highest BCUT2D eigenvalue weighted by Crippen LogP contribution is 2.30. The molecule has 1 amide bonds. The van der Waals surface area contributed by atoms with Crippen molar-refractivity contribution in [3.8, 4) is 0 Å². The number of nitrogens with one attached hydrogen (secondary N) is 1. The number of amides is 1. The number of carbonyl (C=O) groups excluding carboxylic acids is 5. The van der Waals surface area contributed by atoms with Crippen LogP contribution in [0.3, 0.4) is 0 Å². The number of hydrogen-bond acceptors (Lipinski definition) is 12. The van der Waals surface area contributed by atoms with Crippen LogP contribution in [0.2, 0.25) is 0 Å². The van der Waals surface area contributed by atoms with Gasteiger partial charge in [-0.3, -0.25) is 19.2 Å². The van der Waals surface area contributed by atoms with Crippen molar-refractivity contribution in [3.63, 3.8) is 0 Å². The molecule has 5 atom stereocenters. The summed E-state index contributed by atoms with van der Waals surface area (Å²) in [5.41, 5.74) is 0.849. The van der Waals surface area contributed by atoms with Gasteiger partial charge in [0.15, 0.2) is 24.6 Å². The van der Waals surface area contributed by atoms with E-state index < -0.39 is 60.7 Å². The minimum absolute atomic E-state index is 0.0749. The largest absolute Gasteiger partial charge is 0.463 e. The van der Waals surface area contributed by atoms with Gasteiger partial charge in [-0.25, -0.2) is 4.79 Å². The monoisotopic (exact) mass is 551 g/mol. The summed E-state index contributed by atoms with van der Waals surface area (Å²) in [7, 11) is 0. The Balaban J connectivity index is 2.02. The molecule has 1 N–H and O–H groups in total. The van der Waals surface area contributed by atoms with Crippen molar-refractivity contribution in [3.05, 3.63) is 48.0 Å². The Labute approximate surface area is 225 Å². The lowest BCUT2D eigenvalue weighted by atomic mass is 9.98. The van der Waals surface area contributed by atoms with Crippen LogP contribution in [0.15, 0.2) is 42.5 Å². The lowest BCUT2D eigenvalue weighted by Gasteiger charge is -2.43. The van der Waals surface area contributed by atoms with E-state index in [-0.39, 0.29) is 26.4 Å². The molecule has 214 valence electrons. The highest BCUT2D eigenvalue weighted by atomic mass is 16.7. The summed E-state index contributed by atoms with van der Waals surface area (Å²) in [4.78, 5) is 58.6. The first-order valence-electron chi connectivity index (χ1n) is 12.1. The third kappa shape index (κ3) is 11.5. The summed E-state index contributed by atoms with van der Waals surface area (Å²) >= 11 is 0. The zero-order valence-electron chi connectivity index (χ0n) is 22.2. The van der Waals surface area contributed by atoms with Gasteiger partial charge in [-0.05, 0) is 5.56 Å². The fourth-order valence-corrected chi connectivity index (χ4v) is 3.54. The van der Waals surface area contributed by atoms with E-state index in [2.05, 4.69) is 5.32 Å².